The molecule has 1 amide bonds. The van der Waals surface area contributed by atoms with Gasteiger partial charge in [-0.05, 0) is 74.9 Å². The summed E-state index contributed by atoms with van der Waals surface area (Å²) in [7, 11) is -3.49. The number of fused-ring (bicyclic) bond motifs is 1. The van der Waals surface area contributed by atoms with E-state index in [1.807, 2.05) is 6.07 Å². The van der Waals surface area contributed by atoms with Gasteiger partial charge in [0.25, 0.3) is 5.91 Å². The fourth-order valence-corrected chi connectivity index (χ4v) is 6.39. The minimum atomic E-state index is -3.49. The van der Waals surface area contributed by atoms with Crippen LogP contribution in [0.2, 0.25) is 0 Å². The molecule has 0 bridgehead atoms. The quantitative estimate of drug-likeness (QED) is 0.685. The summed E-state index contributed by atoms with van der Waals surface area (Å²) in [5, 5.41) is 2.66. The molecule has 0 spiro atoms. The lowest BCUT2D eigenvalue weighted by Crippen LogP contribution is -2.30. The van der Waals surface area contributed by atoms with Gasteiger partial charge in [-0.15, -0.1) is 11.3 Å². The number of aryl methyl sites for hydroxylation is 2. The molecule has 0 radical (unpaired) electrons. The highest BCUT2D eigenvalue weighted by Crippen LogP contribution is 2.31. The molecule has 1 atom stereocenters. The molecule has 1 aromatic heterocycles. The van der Waals surface area contributed by atoms with Crippen molar-refractivity contribution in [3.05, 3.63) is 45.6 Å². The summed E-state index contributed by atoms with van der Waals surface area (Å²) in [6.07, 6.45) is 3.87. The number of sulfonamides is 1. The topological polar surface area (TPSA) is 92.8 Å². The zero-order valence-corrected chi connectivity index (χ0v) is 18.4. The maximum atomic E-state index is 12.6. The zero-order valence-electron chi connectivity index (χ0n) is 16.7. The number of nitrogens with zero attached hydrogens (tertiary/aromatic N) is 1. The highest BCUT2D eigenvalue weighted by Gasteiger charge is 2.27. The van der Waals surface area contributed by atoms with Crippen LogP contribution in [0.3, 0.4) is 0 Å². The number of thiophene rings is 1. The summed E-state index contributed by atoms with van der Waals surface area (Å²) < 4.78 is 31.9. The van der Waals surface area contributed by atoms with Crippen molar-refractivity contribution < 1.29 is 22.7 Å². The molecule has 160 valence electrons. The standard InChI is InChI=1S/C21H24N2O5S2/c1-14(28-21(25)19-13-15-5-4-6-18(15)29-19)20(24)22-16-7-9-17(10-8-16)30(26,27)23-11-2-3-12-23/h7-10,13-14H,2-6,11-12H2,1H3,(H,22,24)/t14-/m0/s1. The number of rotatable bonds is 6. The lowest BCUT2D eigenvalue weighted by molar-refractivity contribution is -0.123. The van der Waals surface area contributed by atoms with Gasteiger partial charge in [0.1, 0.15) is 4.88 Å². The summed E-state index contributed by atoms with van der Waals surface area (Å²) in [5.41, 5.74) is 1.64. The fourth-order valence-electron chi connectivity index (χ4n) is 3.73. The van der Waals surface area contributed by atoms with E-state index in [1.54, 1.807) is 12.1 Å². The van der Waals surface area contributed by atoms with Gasteiger partial charge in [-0.3, -0.25) is 4.79 Å². The molecule has 1 N–H and O–H groups in total. The van der Waals surface area contributed by atoms with Crippen LogP contribution in [0.15, 0.2) is 35.2 Å². The molecule has 1 aliphatic heterocycles. The minimum absolute atomic E-state index is 0.201. The van der Waals surface area contributed by atoms with E-state index in [2.05, 4.69) is 5.32 Å². The Kier molecular flexibility index (Phi) is 5.95. The van der Waals surface area contributed by atoms with Crippen LogP contribution in [0.5, 0.6) is 0 Å². The predicted molar refractivity (Wildman–Crippen MR) is 114 cm³/mol. The van der Waals surface area contributed by atoms with Crippen LogP contribution in [0.4, 0.5) is 5.69 Å². The van der Waals surface area contributed by atoms with Gasteiger partial charge in [0, 0.05) is 23.7 Å². The maximum Gasteiger partial charge on any atom is 0.349 e. The number of nitrogens with one attached hydrogen (secondary N) is 1. The van der Waals surface area contributed by atoms with E-state index < -0.39 is 28.0 Å². The van der Waals surface area contributed by atoms with E-state index in [-0.39, 0.29) is 4.90 Å². The SMILES string of the molecule is C[C@H](OC(=O)c1cc2c(s1)CCC2)C(=O)Nc1ccc(S(=O)(=O)N2CCCC2)cc1. The molecule has 1 fully saturated rings. The molecular formula is C21H24N2O5S2. The third-order valence-electron chi connectivity index (χ3n) is 5.43. The molecular weight excluding hydrogens is 424 g/mol. The lowest BCUT2D eigenvalue weighted by Gasteiger charge is -2.16. The van der Waals surface area contributed by atoms with Crippen molar-refractivity contribution in [2.75, 3.05) is 18.4 Å². The van der Waals surface area contributed by atoms with Crippen LogP contribution >= 0.6 is 11.3 Å². The van der Waals surface area contributed by atoms with E-state index in [1.165, 1.54) is 45.1 Å². The van der Waals surface area contributed by atoms with Crippen molar-refractivity contribution >= 4 is 38.9 Å². The first kappa shape index (κ1) is 21.0. The second-order valence-electron chi connectivity index (χ2n) is 7.58. The third-order valence-corrected chi connectivity index (χ3v) is 8.56. The number of hydrogen-bond acceptors (Lipinski definition) is 6. The first-order valence-corrected chi connectivity index (χ1v) is 12.3. The lowest BCUT2D eigenvalue weighted by atomic mass is 10.2. The van der Waals surface area contributed by atoms with Crippen molar-refractivity contribution in [2.24, 2.45) is 0 Å². The minimum Gasteiger partial charge on any atom is -0.448 e. The van der Waals surface area contributed by atoms with Crippen molar-refractivity contribution in [1.29, 1.82) is 0 Å². The first-order valence-electron chi connectivity index (χ1n) is 10.1. The molecule has 9 heteroatoms. The molecule has 30 heavy (non-hydrogen) atoms. The highest BCUT2D eigenvalue weighted by atomic mass is 32.2. The van der Waals surface area contributed by atoms with Crippen LogP contribution < -0.4 is 5.32 Å². The molecule has 0 unspecified atom stereocenters. The molecule has 4 rings (SSSR count). The molecule has 1 aromatic carbocycles. The largest absolute Gasteiger partial charge is 0.448 e. The summed E-state index contributed by atoms with van der Waals surface area (Å²) >= 11 is 1.43. The number of benzene rings is 1. The van der Waals surface area contributed by atoms with E-state index in [4.69, 9.17) is 4.74 Å². The van der Waals surface area contributed by atoms with Crippen LogP contribution in [-0.4, -0.2) is 43.8 Å². The Bertz CT molecular complexity index is 1030. The zero-order chi connectivity index (χ0) is 21.3. The molecule has 1 aliphatic carbocycles. The second-order valence-corrected chi connectivity index (χ2v) is 10.7. The number of esters is 1. The average Bonchev–Trinajstić information content (AvgIpc) is 3.45. The average molecular weight is 449 g/mol. The Morgan fingerprint density at radius 1 is 1.10 bits per heavy atom. The summed E-state index contributed by atoms with van der Waals surface area (Å²) in [4.78, 5) is 26.7. The van der Waals surface area contributed by atoms with Gasteiger partial charge >= 0.3 is 5.97 Å². The summed E-state index contributed by atoms with van der Waals surface area (Å²) in [5.74, 6) is -0.966. The fraction of sp³-hybridized carbons (Fsp3) is 0.429. The van der Waals surface area contributed by atoms with Crippen LogP contribution in [-0.2, 0) is 32.4 Å². The van der Waals surface area contributed by atoms with Crippen molar-refractivity contribution in [3.8, 4) is 0 Å². The molecule has 0 saturated carbocycles. The number of anilines is 1. The first-order chi connectivity index (χ1) is 14.3. The van der Waals surface area contributed by atoms with Gasteiger partial charge in [0.15, 0.2) is 6.10 Å². The van der Waals surface area contributed by atoms with Gasteiger partial charge < -0.3 is 10.1 Å². The Hall–Kier alpha value is -2.23. The van der Waals surface area contributed by atoms with Gasteiger partial charge in [-0.1, -0.05) is 0 Å². The molecule has 2 aliphatic rings. The Morgan fingerprint density at radius 3 is 2.47 bits per heavy atom. The van der Waals surface area contributed by atoms with Crippen LogP contribution in [0.1, 0.15) is 46.3 Å². The van der Waals surface area contributed by atoms with Gasteiger partial charge in [-0.2, -0.15) is 4.31 Å². The van der Waals surface area contributed by atoms with E-state index >= 15 is 0 Å². The third kappa shape index (κ3) is 4.28. The monoisotopic (exact) mass is 448 g/mol. The highest BCUT2D eigenvalue weighted by molar-refractivity contribution is 7.89. The molecule has 1 saturated heterocycles. The van der Waals surface area contributed by atoms with Gasteiger partial charge in [0.05, 0.1) is 4.90 Å². The van der Waals surface area contributed by atoms with E-state index in [0.29, 0.717) is 23.7 Å². The number of hydrogen-bond donors (Lipinski definition) is 1. The van der Waals surface area contributed by atoms with Crippen molar-refractivity contribution in [1.82, 2.24) is 4.31 Å². The van der Waals surface area contributed by atoms with E-state index in [9.17, 15) is 18.0 Å². The Labute approximate surface area is 180 Å². The Balaban J connectivity index is 1.35. The van der Waals surface area contributed by atoms with Crippen LogP contribution in [0, 0.1) is 0 Å². The normalized spacial score (nSPS) is 17.5. The van der Waals surface area contributed by atoms with Crippen LogP contribution in [0.25, 0.3) is 0 Å². The molecule has 2 heterocycles. The van der Waals surface area contributed by atoms with E-state index in [0.717, 1.165) is 32.1 Å². The van der Waals surface area contributed by atoms with Crippen molar-refractivity contribution in [2.45, 2.75) is 50.0 Å². The van der Waals surface area contributed by atoms with Crippen molar-refractivity contribution in [3.63, 3.8) is 0 Å². The predicted octanol–water partition coefficient (Wildman–Crippen LogP) is 3.21. The number of ether oxygens (including phenoxy) is 1. The smallest absolute Gasteiger partial charge is 0.349 e. The number of carbonyl (C=O) groups is 2. The molecule has 2 aromatic rings. The maximum absolute atomic E-state index is 12.6. The summed E-state index contributed by atoms with van der Waals surface area (Å²) in [6.45, 7) is 2.59. The van der Waals surface area contributed by atoms with Gasteiger partial charge in [-0.25, -0.2) is 13.2 Å². The second kappa shape index (κ2) is 8.49. The summed E-state index contributed by atoms with van der Waals surface area (Å²) in [6, 6.07) is 7.90. The number of amides is 1. The Morgan fingerprint density at radius 2 is 1.80 bits per heavy atom. The number of carbonyl (C=O) groups excluding carboxylic acids is 2. The molecule has 7 nitrogen and oxygen atoms in total. The van der Waals surface area contributed by atoms with Gasteiger partial charge in [0.2, 0.25) is 10.0 Å².